The zero-order valence-electron chi connectivity index (χ0n) is 12.9. The molecule has 0 radical (unpaired) electrons. The second-order valence-electron chi connectivity index (χ2n) is 5.92. The molecular formula is C16H21N5O. The summed E-state index contributed by atoms with van der Waals surface area (Å²) in [7, 11) is 0. The van der Waals surface area contributed by atoms with Crippen molar-refractivity contribution in [1.82, 2.24) is 14.8 Å². The fraction of sp³-hybridized carbons (Fsp3) is 0.438. The number of rotatable bonds is 4. The Labute approximate surface area is 130 Å². The number of anilines is 2. The van der Waals surface area contributed by atoms with Gasteiger partial charge in [-0.2, -0.15) is 5.10 Å². The van der Waals surface area contributed by atoms with Gasteiger partial charge in [0.2, 0.25) is 5.91 Å². The summed E-state index contributed by atoms with van der Waals surface area (Å²) < 4.78 is 1.69. The van der Waals surface area contributed by atoms with E-state index in [1.54, 1.807) is 11.0 Å². The van der Waals surface area contributed by atoms with Gasteiger partial charge in [0, 0.05) is 19.0 Å². The number of aromatic nitrogens is 3. The molecule has 2 aromatic rings. The maximum absolute atomic E-state index is 12.7. The number of nitrogens with one attached hydrogen (secondary N) is 1. The number of carbonyl (C=O) groups excluding carboxylic acids is 1. The average Bonchev–Trinajstić information content (AvgIpc) is 3.04. The van der Waals surface area contributed by atoms with Gasteiger partial charge in [-0.1, -0.05) is 26.0 Å². The summed E-state index contributed by atoms with van der Waals surface area (Å²) in [5.74, 6) is 0.578. The molecule has 1 aliphatic heterocycles. The lowest BCUT2D eigenvalue weighted by molar-refractivity contribution is -0.119. The highest BCUT2D eigenvalue weighted by Crippen LogP contribution is 2.32. The summed E-state index contributed by atoms with van der Waals surface area (Å²) in [5.41, 5.74) is 1.99. The van der Waals surface area contributed by atoms with Gasteiger partial charge in [0.05, 0.1) is 17.9 Å². The van der Waals surface area contributed by atoms with Gasteiger partial charge in [-0.15, -0.1) is 0 Å². The smallest absolute Gasteiger partial charge is 0.228 e. The molecule has 0 fully saturated rings. The van der Waals surface area contributed by atoms with Crippen molar-refractivity contribution in [1.29, 1.82) is 0 Å². The van der Waals surface area contributed by atoms with Gasteiger partial charge in [-0.25, -0.2) is 4.98 Å². The van der Waals surface area contributed by atoms with E-state index >= 15 is 0 Å². The van der Waals surface area contributed by atoms with Crippen molar-refractivity contribution in [2.45, 2.75) is 32.9 Å². The van der Waals surface area contributed by atoms with Crippen LogP contribution in [-0.2, 0) is 11.3 Å². The zero-order valence-corrected chi connectivity index (χ0v) is 12.9. The summed E-state index contributed by atoms with van der Waals surface area (Å²) in [6.45, 7) is 5.59. The SMILES string of the molecule is CC(C)[C@H]1CN(C(=O)CCn2cncn2)c2ccccc2N1. The van der Waals surface area contributed by atoms with Crippen molar-refractivity contribution in [3.8, 4) is 0 Å². The standard InChI is InChI=1S/C16H21N5O/c1-12(2)14-9-21(15-6-4-3-5-13(15)19-14)16(22)7-8-20-11-17-10-18-20/h3-6,10-12,14,19H,7-9H2,1-2H3/t14-/m1/s1. The number of aryl methyl sites for hydroxylation is 1. The highest BCUT2D eigenvalue weighted by atomic mass is 16.2. The largest absolute Gasteiger partial charge is 0.379 e. The lowest BCUT2D eigenvalue weighted by atomic mass is 9.99. The first-order valence-electron chi connectivity index (χ1n) is 7.63. The van der Waals surface area contributed by atoms with Gasteiger partial charge in [0.1, 0.15) is 12.7 Å². The highest BCUT2D eigenvalue weighted by Gasteiger charge is 2.29. The molecule has 6 nitrogen and oxygen atoms in total. The van der Waals surface area contributed by atoms with Crippen LogP contribution in [0.4, 0.5) is 11.4 Å². The van der Waals surface area contributed by atoms with Crippen molar-refractivity contribution >= 4 is 17.3 Å². The molecule has 0 spiro atoms. The number of hydrogen-bond donors (Lipinski definition) is 1. The number of para-hydroxylation sites is 2. The molecule has 1 amide bonds. The Morgan fingerprint density at radius 2 is 2.23 bits per heavy atom. The second kappa shape index (κ2) is 6.17. The highest BCUT2D eigenvalue weighted by molar-refractivity contribution is 5.97. The van der Waals surface area contributed by atoms with Gasteiger partial charge in [-0.3, -0.25) is 9.48 Å². The van der Waals surface area contributed by atoms with Crippen molar-refractivity contribution in [2.24, 2.45) is 5.92 Å². The third-order valence-corrected chi connectivity index (χ3v) is 4.04. The van der Waals surface area contributed by atoms with Gasteiger partial charge in [0.15, 0.2) is 0 Å². The lowest BCUT2D eigenvalue weighted by Crippen LogP contribution is -2.47. The van der Waals surface area contributed by atoms with Crippen LogP contribution in [0.15, 0.2) is 36.9 Å². The molecule has 0 aliphatic carbocycles. The number of benzene rings is 1. The van der Waals surface area contributed by atoms with E-state index in [1.165, 1.54) is 6.33 Å². The van der Waals surface area contributed by atoms with Crippen LogP contribution >= 0.6 is 0 Å². The molecule has 0 unspecified atom stereocenters. The number of hydrogen-bond acceptors (Lipinski definition) is 4. The molecular weight excluding hydrogens is 278 g/mol. The summed E-state index contributed by atoms with van der Waals surface area (Å²) in [4.78, 5) is 18.5. The zero-order chi connectivity index (χ0) is 15.5. The molecule has 6 heteroatoms. The Balaban J connectivity index is 1.77. The predicted octanol–water partition coefficient (Wildman–Crippen LogP) is 2.15. The maximum atomic E-state index is 12.7. The molecule has 116 valence electrons. The van der Waals surface area contributed by atoms with E-state index in [1.807, 2.05) is 29.2 Å². The summed E-state index contributed by atoms with van der Waals surface area (Å²) >= 11 is 0. The van der Waals surface area contributed by atoms with E-state index in [2.05, 4.69) is 29.2 Å². The molecule has 1 aromatic carbocycles. The van der Waals surface area contributed by atoms with Crippen molar-refractivity contribution in [2.75, 3.05) is 16.8 Å². The Bertz CT molecular complexity index is 638. The Kier molecular flexibility index (Phi) is 4.09. The first-order valence-corrected chi connectivity index (χ1v) is 7.63. The third kappa shape index (κ3) is 2.95. The van der Waals surface area contributed by atoms with Gasteiger partial charge in [-0.05, 0) is 18.1 Å². The summed E-state index contributed by atoms with van der Waals surface area (Å²) in [6, 6.07) is 8.25. The van der Waals surface area contributed by atoms with E-state index in [9.17, 15) is 4.79 Å². The molecule has 1 atom stereocenters. The normalized spacial score (nSPS) is 17.2. The van der Waals surface area contributed by atoms with E-state index in [-0.39, 0.29) is 11.9 Å². The monoisotopic (exact) mass is 299 g/mol. The lowest BCUT2D eigenvalue weighted by Gasteiger charge is -2.37. The minimum atomic E-state index is 0.120. The number of carbonyl (C=O) groups is 1. The van der Waals surface area contributed by atoms with Crippen molar-refractivity contribution in [3.63, 3.8) is 0 Å². The molecule has 0 bridgehead atoms. The van der Waals surface area contributed by atoms with E-state index in [4.69, 9.17) is 0 Å². The van der Waals surface area contributed by atoms with Crippen LogP contribution in [-0.4, -0.2) is 33.3 Å². The third-order valence-electron chi connectivity index (χ3n) is 4.04. The quantitative estimate of drug-likeness (QED) is 0.939. The average molecular weight is 299 g/mol. The molecule has 1 N–H and O–H groups in total. The molecule has 22 heavy (non-hydrogen) atoms. The van der Waals surface area contributed by atoms with Crippen LogP contribution in [0.5, 0.6) is 0 Å². The fourth-order valence-electron chi connectivity index (χ4n) is 2.68. The summed E-state index contributed by atoms with van der Waals surface area (Å²) in [5, 5.41) is 7.57. The predicted molar refractivity (Wildman–Crippen MR) is 85.7 cm³/mol. The van der Waals surface area contributed by atoms with Crippen LogP contribution < -0.4 is 10.2 Å². The molecule has 0 saturated carbocycles. The van der Waals surface area contributed by atoms with Gasteiger partial charge in [0.25, 0.3) is 0 Å². The van der Waals surface area contributed by atoms with E-state index < -0.39 is 0 Å². The van der Waals surface area contributed by atoms with Crippen molar-refractivity contribution in [3.05, 3.63) is 36.9 Å². The number of amides is 1. The van der Waals surface area contributed by atoms with E-state index in [0.29, 0.717) is 25.4 Å². The van der Waals surface area contributed by atoms with Crippen LogP contribution in [0.2, 0.25) is 0 Å². The van der Waals surface area contributed by atoms with Crippen LogP contribution in [0.25, 0.3) is 0 Å². The Morgan fingerprint density at radius 3 is 2.95 bits per heavy atom. The minimum Gasteiger partial charge on any atom is -0.379 e. The molecule has 2 heterocycles. The maximum Gasteiger partial charge on any atom is 0.228 e. The van der Waals surface area contributed by atoms with Crippen molar-refractivity contribution < 1.29 is 4.79 Å². The van der Waals surface area contributed by atoms with Gasteiger partial charge >= 0.3 is 0 Å². The second-order valence-corrected chi connectivity index (χ2v) is 5.92. The Morgan fingerprint density at radius 1 is 1.41 bits per heavy atom. The van der Waals surface area contributed by atoms with Crippen LogP contribution in [0, 0.1) is 5.92 Å². The number of nitrogens with zero attached hydrogens (tertiary/aromatic N) is 4. The first-order chi connectivity index (χ1) is 10.6. The molecule has 1 aromatic heterocycles. The first kappa shape index (κ1) is 14.6. The molecule has 3 rings (SSSR count). The summed E-state index contributed by atoms with van der Waals surface area (Å²) in [6.07, 6.45) is 3.54. The molecule has 0 saturated heterocycles. The number of fused-ring (bicyclic) bond motifs is 1. The minimum absolute atomic E-state index is 0.120. The topological polar surface area (TPSA) is 63.1 Å². The molecule has 1 aliphatic rings. The van der Waals surface area contributed by atoms with Crippen LogP contribution in [0.1, 0.15) is 20.3 Å². The van der Waals surface area contributed by atoms with E-state index in [0.717, 1.165) is 11.4 Å². The van der Waals surface area contributed by atoms with Crippen LogP contribution in [0.3, 0.4) is 0 Å². The van der Waals surface area contributed by atoms with Gasteiger partial charge < -0.3 is 10.2 Å². The Hall–Kier alpha value is -2.37. The fourth-order valence-corrected chi connectivity index (χ4v) is 2.68.